The Morgan fingerprint density at radius 1 is 1.05 bits per heavy atom. The van der Waals surface area contributed by atoms with E-state index >= 15 is 0 Å². The molecular weight excluding hydrogens is 258 g/mol. The first-order valence-electron chi connectivity index (χ1n) is 9.02. The fourth-order valence-corrected chi connectivity index (χ4v) is 5.02. The molecule has 120 valence electrons. The van der Waals surface area contributed by atoms with E-state index in [4.69, 9.17) is 5.73 Å². The zero-order valence-electron chi connectivity index (χ0n) is 14.2. The molecule has 1 aliphatic heterocycles. The van der Waals surface area contributed by atoms with Crippen molar-refractivity contribution in [1.29, 1.82) is 0 Å². The van der Waals surface area contributed by atoms with E-state index < -0.39 is 0 Å². The van der Waals surface area contributed by atoms with Crippen molar-refractivity contribution in [2.24, 2.45) is 22.1 Å². The van der Waals surface area contributed by atoms with Gasteiger partial charge in [0.25, 0.3) is 0 Å². The number of hydrogen-bond donors (Lipinski definition) is 1. The molecule has 3 nitrogen and oxygen atoms in total. The predicted octanol–water partition coefficient (Wildman–Crippen LogP) is 3.92. The van der Waals surface area contributed by atoms with Gasteiger partial charge in [0.1, 0.15) is 0 Å². The topological polar surface area (TPSA) is 41.6 Å². The number of nitrogens with zero attached hydrogens (tertiary/aromatic N) is 2. The number of nitrogens with two attached hydrogens (primary N) is 1. The van der Waals surface area contributed by atoms with Gasteiger partial charge in [0, 0.05) is 6.04 Å². The summed E-state index contributed by atoms with van der Waals surface area (Å²) in [6, 6.07) is 0.669. The Morgan fingerprint density at radius 3 is 2.43 bits per heavy atom. The van der Waals surface area contributed by atoms with E-state index in [9.17, 15) is 0 Å². The Kier molecular flexibility index (Phi) is 3.96. The van der Waals surface area contributed by atoms with Gasteiger partial charge in [0.2, 0.25) is 0 Å². The van der Waals surface area contributed by atoms with Gasteiger partial charge in [-0.25, -0.2) is 0 Å². The first-order chi connectivity index (χ1) is 9.92. The van der Waals surface area contributed by atoms with Crippen LogP contribution in [0.4, 0.5) is 0 Å². The van der Waals surface area contributed by atoms with Gasteiger partial charge in [-0.1, -0.05) is 40.0 Å². The van der Waals surface area contributed by atoms with Crippen LogP contribution in [-0.2, 0) is 0 Å². The summed E-state index contributed by atoms with van der Waals surface area (Å²) in [7, 11) is 0. The average Bonchev–Trinajstić information content (AvgIpc) is 2.94. The van der Waals surface area contributed by atoms with Gasteiger partial charge in [-0.3, -0.25) is 4.99 Å². The van der Waals surface area contributed by atoms with Crippen LogP contribution in [0.25, 0.3) is 0 Å². The van der Waals surface area contributed by atoms with E-state index in [2.05, 4.69) is 30.7 Å². The first-order valence-corrected chi connectivity index (χ1v) is 9.02. The highest BCUT2D eigenvalue weighted by molar-refractivity contribution is 5.81. The third-order valence-electron chi connectivity index (χ3n) is 6.36. The van der Waals surface area contributed by atoms with Crippen molar-refractivity contribution in [2.45, 2.75) is 90.1 Å². The molecule has 1 heterocycles. The van der Waals surface area contributed by atoms with E-state index in [1.165, 1.54) is 57.8 Å². The number of hydrogen-bond acceptors (Lipinski definition) is 3. The van der Waals surface area contributed by atoms with Gasteiger partial charge >= 0.3 is 0 Å². The molecule has 2 atom stereocenters. The van der Waals surface area contributed by atoms with Crippen molar-refractivity contribution in [3.8, 4) is 0 Å². The summed E-state index contributed by atoms with van der Waals surface area (Å²) in [5.41, 5.74) is 7.01. The molecule has 21 heavy (non-hydrogen) atoms. The van der Waals surface area contributed by atoms with Crippen LogP contribution in [0.5, 0.6) is 0 Å². The van der Waals surface area contributed by atoms with Gasteiger partial charge in [-0.2, -0.15) is 0 Å². The summed E-state index contributed by atoms with van der Waals surface area (Å²) in [4.78, 5) is 7.26. The van der Waals surface area contributed by atoms with Gasteiger partial charge in [0.05, 0.1) is 12.1 Å². The minimum Gasteiger partial charge on any atom is -0.370 e. The summed E-state index contributed by atoms with van der Waals surface area (Å²) >= 11 is 0. The zero-order chi connectivity index (χ0) is 15.1. The Labute approximate surface area is 130 Å². The molecule has 3 aliphatic rings. The predicted molar refractivity (Wildman–Crippen MR) is 89.3 cm³/mol. The second-order valence-corrected chi connectivity index (χ2v) is 8.70. The Hall–Kier alpha value is -0.730. The SMILES string of the molecule is CC(C)(C)C1CCCC2(CC1)CN=C(N)N2C1CCCC1. The normalized spacial score (nSPS) is 35.3. The molecule has 0 bridgehead atoms. The lowest BCUT2D eigenvalue weighted by Crippen LogP contribution is -2.55. The molecule has 1 spiro atoms. The third-order valence-corrected chi connectivity index (χ3v) is 6.36. The third kappa shape index (κ3) is 2.80. The van der Waals surface area contributed by atoms with Gasteiger partial charge in [-0.05, 0) is 49.9 Å². The largest absolute Gasteiger partial charge is 0.370 e. The van der Waals surface area contributed by atoms with E-state index in [1.807, 2.05) is 0 Å². The molecule has 2 saturated carbocycles. The summed E-state index contributed by atoms with van der Waals surface area (Å²) in [6.45, 7) is 8.17. The monoisotopic (exact) mass is 291 g/mol. The summed E-state index contributed by atoms with van der Waals surface area (Å²) in [5.74, 6) is 1.69. The molecule has 3 rings (SSSR count). The molecule has 3 heteroatoms. The molecule has 2 unspecified atom stereocenters. The minimum absolute atomic E-state index is 0.263. The molecule has 0 aromatic carbocycles. The Morgan fingerprint density at radius 2 is 1.76 bits per heavy atom. The standard InChI is InChI=1S/C18H33N3/c1-17(2,3)14-7-6-11-18(12-10-14)13-20-16(19)21(18)15-8-4-5-9-15/h14-15H,4-13H2,1-3H3,(H2,19,20). The van der Waals surface area contributed by atoms with Crippen molar-refractivity contribution < 1.29 is 0 Å². The molecule has 2 fully saturated rings. The maximum atomic E-state index is 6.31. The lowest BCUT2D eigenvalue weighted by molar-refractivity contribution is 0.124. The van der Waals surface area contributed by atoms with Gasteiger partial charge < -0.3 is 10.6 Å². The number of aliphatic imine (C=N–C) groups is 1. The highest BCUT2D eigenvalue weighted by Gasteiger charge is 2.47. The zero-order valence-corrected chi connectivity index (χ0v) is 14.2. The number of rotatable bonds is 1. The second kappa shape index (κ2) is 5.48. The molecule has 0 amide bonds. The van der Waals surface area contributed by atoms with Crippen LogP contribution < -0.4 is 5.73 Å². The van der Waals surface area contributed by atoms with E-state index in [0.717, 1.165) is 18.4 Å². The Balaban J connectivity index is 1.77. The van der Waals surface area contributed by atoms with Crippen molar-refractivity contribution in [3.05, 3.63) is 0 Å². The van der Waals surface area contributed by atoms with Crippen molar-refractivity contribution >= 4 is 5.96 Å². The molecule has 0 saturated heterocycles. The molecule has 2 aliphatic carbocycles. The molecular formula is C18H33N3. The highest BCUT2D eigenvalue weighted by Crippen LogP contribution is 2.45. The van der Waals surface area contributed by atoms with E-state index in [0.29, 0.717) is 11.5 Å². The second-order valence-electron chi connectivity index (χ2n) is 8.70. The summed E-state index contributed by atoms with van der Waals surface area (Å²) in [5, 5.41) is 0. The van der Waals surface area contributed by atoms with Crippen LogP contribution in [0.3, 0.4) is 0 Å². The molecule has 0 radical (unpaired) electrons. The van der Waals surface area contributed by atoms with Crippen LogP contribution >= 0.6 is 0 Å². The van der Waals surface area contributed by atoms with E-state index in [-0.39, 0.29) is 5.54 Å². The maximum Gasteiger partial charge on any atom is 0.192 e. The smallest absolute Gasteiger partial charge is 0.192 e. The van der Waals surface area contributed by atoms with Crippen LogP contribution in [-0.4, -0.2) is 29.0 Å². The lowest BCUT2D eigenvalue weighted by atomic mass is 9.76. The van der Waals surface area contributed by atoms with Crippen LogP contribution in [0, 0.1) is 11.3 Å². The number of guanidine groups is 1. The van der Waals surface area contributed by atoms with Crippen LogP contribution in [0.15, 0.2) is 4.99 Å². The van der Waals surface area contributed by atoms with Gasteiger partial charge in [-0.15, -0.1) is 0 Å². The van der Waals surface area contributed by atoms with Crippen LogP contribution in [0.2, 0.25) is 0 Å². The summed E-state index contributed by atoms with van der Waals surface area (Å²) in [6.07, 6.45) is 12.0. The summed E-state index contributed by atoms with van der Waals surface area (Å²) < 4.78 is 0. The quantitative estimate of drug-likeness (QED) is 0.795. The van der Waals surface area contributed by atoms with Crippen LogP contribution in [0.1, 0.15) is 78.6 Å². The minimum atomic E-state index is 0.263. The fraction of sp³-hybridized carbons (Fsp3) is 0.944. The van der Waals surface area contributed by atoms with Gasteiger partial charge in [0.15, 0.2) is 5.96 Å². The molecule has 0 aromatic rings. The van der Waals surface area contributed by atoms with Crippen molar-refractivity contribution in [3.63, 3.8) is 0 Å². The average molecular weight is 291 g/mol. The highest BCUT2D eigenvalue weighted by atomic mass is 15.4. The molecule has 2 N–H and O–H groups in total. The lowest BCUT2D eigenvalue weighted by Gasteiger charge is -2.43. The van der Waals surface area contributed by atoms with Crippen molar-refractivity contribution in [1.82, 2.24) is 4.90 Å². The Bertz CT molecular complexity index is 403. The van der Waals surface area contributed by atoms with E-state index in [1.54, 1.807) is 0 Å². The maximum absolute atomic E-state index is 6.31. The first kappa shape index (κ1) is 15.2. The fourth-order valence-electron chi connectivity index (χ4n) is 5.02. The van der Waals surface area contributed by atoms with Crippen molar-refractivity contribution in [2.75, 3.05) is 6.54 Å². The molecule has 0 aromatic heterocycles.